The summed E-state index contributed by atoms with van der Waals surface area (Å²) in [5.41, 5.74) is 2.39. The Kier molecular flexibility index (Phi) is 6.10. The van der Waals surface area contributed by atoms with E-state index in [1.807, 2.05) is 32.9 Å². The number of rotatable bonds is 4. The molecule has 1 saturated heterocycles. The first kappa shape index (κ1) is 20.7. The van der Waals surface area contributed by atoms with Crippen LogP contribution in [0.2, 0.25) is 0 Å². The van der Waals surface area contributed by atoms with Gasteiger partial charge in [-0.05, 0) is 38.5 Å². The molecule has 1 aliphatic heterocycles. The second-order valence-electron chi connectivity index (χ2n) is 7.78. The van der Waals surface area contributed by atoms with Crippen molar-refractivity contribution in [2.45, 2.75) is 26.4 Å². The van der Waals surface area contributed by atoms with E-state index < -0.39 is 5.60 Å². The van der Waals surface area contributed by atoms with Gasteiger partial charge in [0.2, 0.25) is 5.88 Å². The zero-order valence-corrected chi connectivity index (χ0v) is 17.6. The number of aromatic nitrogens is 2. The molecule has 0 aliphatic carbocycles. The van der Waals surface area contributed by atoms with Crippen LogP contribution in [-0.2, 0) is 4.74 Å². The molecule has 3 rings (SSSR count). The molecule has 0 saturated carbocycles. The van der Waals surface area contributed by atoms with Gasteiger partial charge in [-0.1, -0.05) is 12.1 Å². The highest BCUT2D eigenvalue weighted by molar-refractivity contribution is 5.71. The molecule has 29 heavy (non-hydrogen) atoms. The van der Waals surface area contributed by atoms with Gasteiger partial charge in [0, 0.05) is 38.1 Å². The van der Waals surface area contributed by atoms with Crippen molar-refractivity contribution >= 4 is 11.8 Å². The topological polar surface area (TPSA) is 77.0 Å². The van der Waals surface area contributed by atoms with Crippen LogP contribution in [0.4, 0.5) is 10.5 Å². The second kappa shape index (κ2) is 8.55. The fourth-order valence-corrected chi connectivity index (χ4v) is 3.13. The summed E-state index contributed by atoms with van der Waals surface area (Å²) in [5.74, 6) is 0.468. The molecule has 2 aromatic rings. The highest BCUT2D eigenvalue weighted by atomic mass is 16.6. The Bertz CT molecular complexity index is 841. The smallest absolute Gasteiger partial charge is 0.410 e. The summed E-state index contributed by atoms with van der Waals surface area (Å²) in [6.07, 6.45) is 1.44. The van der Waals surface area contributed by atoms with Gasteiger partial charge in [-0.25, -0.2) is 9.78 Å². The number of benzene rings is 1. The van der Waals surface area contributed by atoms with Crippen molar-refractivity contribution in [2.75, 3.05) is 45.3 Å². The number of methoxy groups -OCH3 is 2. The Morgan fingerprint density at radius 2 is 1.66 bits per heavy atom. The molecule has 0 spiro atoms. The van der Waals surface area contributed by atoms with Crippen LogP contribution in [0, 0.1) is 0 Å². The minimum absolute atomic E-state index is 0.251. The van der Waals surface area contributed by atoms with Gasteiger partial charge in [-0.15, -0.1) is 0 Å². The molecule has 156 valence electrons. The summed E-state index contributed by atoms with van der Waals surface area (Å²) in [7, 11) is 3.09. The summed E-state index contributed by atoms with van der Waals surface area (Å²) < 4.78 is 15.9. The predicted octanol–water partition coefficient (Wildman–Crippen LogP) is 3.22. The van der Waals surface area contributed by atoms with E-state index in [9.17, 15) is 4.79 Å². The molecule has 1 aliphatic rings. The third-order valence-corrected chi connectivity index (χ3v) is 4.58. The van der Waals surface area contributed by atoms with E-state index in [2.05, 4.69) is 27.0 Å². The first-order chi connectivity index (χ1) is 13.8. The van der Waals surface area contributed by atoms with Crippen LogP contribution >= 0.6 is 0 Å². The quantitative estimate of drug-likeness (QED) is 0.780. The largest absolute Gasteiger partial charge is 0.480 e. The van der Waals surface area contributed by atoms with Gasteiger partial charge in [0.1, 0.15) is 5.60 Å². The SMILES string of the molecule is COc1ncc(-c2ccc(N3CCN(C(=O)OC(C)(C)C)CC3)cc2)c(OC)n1. The maximum Gasteiger partial charge on any atom is 0.410 e. The van der Waals surface area contributed by atoms with Crippen molar-refractivity contribution in [3.8, 4) is 23.0 Å². The molecular formula is C21H28N4O4. The normalized spacial score (nSPS) is 14.5. The Morgan fingerprint density at radius 1 is 1.00 bits per heavy atom. The molecular weight excluding hydrogens is 372 g/mol. The van der Waals surface area contributed by atoms with Crippen LogP contribution in [0.15, 0.2) is 30.5 Å². The average molecular weight is 400 g/mol. The first-order valence-electron chi connectivity index (χ1n) is 9.59. The lowest BCUT2D eigenvalue weighted by Crippen LogP contribution is -2.50. The summed E-state index contributed by atoms with van der Waals surface area (Å²) in [4.78, 5) is 24.6. The Morgan fingerprint density at radius 3 is 2.21 bits per heavy atom. The predicted molar refractivity (Wildman–Crippen MR) is 111 cm³/mol. The van der Waals surface area contributed by atoms with E-state index in [0.717, 1.165) is 29.9 Å². The van der Waals surface area contributed by atoms with Crippen LogP contribution in [0.25, 0.3) is 11.1 Å². The van der Waals surface area contributed by atoms with Crippen molar-refractivity contribution in [2.24, 2.45) is 0 Å². The monoisotopic (exact) mass is 400 g/mol. The van der Waals surface area contributed by atoms with Crippen LogP contribution in [0.5, 0.6) is 11.9 Å². The number of hydrogen-bond donors (Lipinski definition) is 0. The van der Waals surface area contributed by atoms with E-state index in [4.69, 9.17) is 14.2 Å². The van der Waals surface area contributed by atoms with E-state index in [-0.39, 0.29) is 12.1 Å². The van der Waals surface area contributed by atoms with Crippen LogP contribution in [-0.4, -0.2) is 67.0 Å². The lowest BCUT2D eigenvalue weighted by molar-refractivity contribution is 0.0240. The number of anilines is 1. The standard InChI is InChI=1S/C21H28N4O4/c1-21(2,3)29-20(26)25-12-10-24(11-13-25)16-8-6-15(7-9-16)17-14-22-19(28-5)23-18(17)27-4/h6-9,14H,10-13H2,1-5H3. The Balaban J connectivity index is 1.65. The highest BCUT2D eigenvalue weighted by Gasteiger charge is 2.26. The summed E-state index contributed by atoms with van der Waals surface area (Å²) >= 11 is 0. The number of hydrogen-bond acceptors (Lipinski definition) is 7. The molecule has 1 fully saturated rings. The third kappa shape index (κ3) is 5.07. The minimum atomic E-state index is -0.476. The van der Waals surface area contributed by atoms with Crippen LogP contribution in [0.3, 0.4) is 0 Å². The number of carbonyl (C=O) groups excluding carboxylic acids is 1. The molecule has 0 bridgehead atoms. The van der Waals surface area contributed by atoms with E-state index in [1.165, 1.54) is 7.11 Å². The number of piperazine rings is 1. The van der Waals surface area contributed by atoms with E-state index >= 15 is 0 Å². The van der Waals surface area contributed by atoms with Gasteiger partial charge >= 0.3 is 12.1 Å². The lowest BCUT2D eigenvalue weighted by Gasteiger charge is -2.36. The average Bonchev–Trinajstić information content (AvgIpc) is 2.72. The van der Waals surface area contributed by atoms with E-state index in [0.29, 0.717) is 19.0 Å². The first-order valence-corrected chi connectivity index (χ1v) is 9.59. The zero-order valence-electron chi connectivity index (χ0n) is 17.6. The number of amides is 1. The fourth-order valence-electron chi connectivity index (χ4n) is 3.13. The second-order valence-corrected chi connectivity index (χ2v) is 7.78. The van der Waals surface area contributed by atoms with Crippen molar-refractivity contribution in [3.63, 3.8) is 0 Å². The van der Waals surface area contributed by atoms with Crippen molar-refractivity contribution in [1.29, 1.82) is 0 Å². The fraction of sp³-hybridized carbons (Fsp3) is 0.476. The Labute approximate surface area is 171 Å². The molecule has 0 atom stereocenters. The summed E-state index contributed by atoms with van der Waals surface area (Å²) in [6, 6.07) is 8.42. The summed E-state index contributed by atoms with van der Waals surface area (Å²) in [5, 5.41) is 0. The maximum atomic E-state index is 12.2. The molecule has 8 nitrogen and oxygen atoms in total. The minimum Gasteiger partial charge on any atom is -0.480 e. The lowest BCUT2D eigenvalue weighted by atomic mass is 10.1. The number of ether oxygens (including phenoxy) is 3. The molecule has 8 heteroatoms. The molecule has 2 heterocycles. The van der Waals surface area contributed by atoms with E-state index in [1.54, 1.807) is 18.2 Å². The van der Waals surface area contributed by atoms with Crippen molar-refractivity contribution < 1.29 is 19.0 Å². The molecule has 0 radical (unpaired) electrons. The molecule has 1 aromatic carbocycles. The van der Waals surface area contributed by atoms with Crippen molar-refractivity contribution in [3.05, 3.63) is 30.5 Å². The van der Waals surface area contributed by atoms with Crippen molar-refractivity contribution in [1.82, 2.24) is 14.9 Å². The Hall–Kier alpha value is -3.03. The van der Waals surface area contributed by atoms with Gasteiger partial charge in [0.15, 0.2) is 0 Å². The van der Waals surface area contributed by atoms with Gasteiger partial charge in [0.05, 0.1) is 19.8 Å². The van der Waals surface area contributed by atoms with Crippen LogP contribution < -0.4 is 14.4 Å². The van der Waals surface area contributed by atoms with Crippen LogP contribution in [0.1, 0.15) is 20.8 Å². The molecule has 0 unspecified atom stereocenters. The maximum absolute atomic E-state index is 12.2. The highest BCUT2D eigenvalue weighted by Crippen LogP contribution is 2.30. The van der Waals surface area contributed by atoms with Gasteiger partial charge in [0.25, 0.3) is 0 Å². The third-order valence-electron chi connectivity index (χ3n) is 4.58. The van der Waals surface area contributed by atoms with Gasteiger partial charge in [-0.2, -0.15) is 4.98 Å². The molecule has 0 N–H and O–H groups in total. The van der Waals surface area contributed by atoms with Gasteiger partial charge in [-0.3, -0.25) is 0 Å². The zero-order chi connectivity index (χ0) is 21.0. The molecule has 1 amide bonds. The number of nitrogens with zero attached hydrogens (tertiary/aromatic N) is 4. The number of carbonyl (C=O) groups is 1. The van der Waals surface area contributed by atoms with Gasteiger partial charge < -0.3 is 24.0 Å². The molecule has 1 aromatic heterocycles. The summed E-state index contributed by atoms with van der Waals surface area (Å²) in [6.45, 7) is 8.43.